The predicted octanol–water partition coefficient (Wildman–Crippen LogP) is 2.56. The van der Waals surface area contributed by atoms with E-state index in [1.54, 1.807) is 13.0 Å². The topological polar surface area (TPSA) is 68.5 Å². The lowest BCUT2D eigenvalue weighted by Gasteiger charge is -2.08. The van der Waals surface area contributed by atoms with Gasteiger partial charge < -0.3 is 14.5 Å². The Bertz CT molecular complexity index is 761. The SMILES string of the molecule is C=C(C)C(=O)NCCCOc1ccc2c(C)cc(=O)oc2c1. The number of carbonyl (C=O) groups excluding carboxylic acids is 1. The summed E-state index contributed by atoms with van der Waals surface area (Å²) in [6, 6.07) is 6.87. The molecule has 1 N–H and O–H groups in total. The largest absolute Gasteiger partial charge is 0.493 e. The quantitative estimate of drug-likeness (QED) is 0.506. The Morgan fingerprint density at radius 1 is 1.36 bits per heavy atom. The molecule has 0 saturated heterocycles. The highest BCUT2D eigenvalue weighted by Gasteiger charge is 2.04. The molecule has 2 aromatic rings. The van der Waals surface area contributed by atoms with Crippen LogP contribution in [0.2, 0.25) is 0 Å². The van der Waals surface area contributed by atoms with Gasteiger partial charge in [0.05, 0.1) is 6.61 Å². The highest BCUT2D eigenvalue weighted by atomic mass is 16.5. The maximum Gasteiger partial charge on any atom is 0.336 e. The zero-order valence-corrected chi connectivity index (χ0v) is 12.8. The van der Waals surface area contributed by atoms with Gasteiger partial charge in [-0.25, -0.2) is 4.79 Å². The molecule has 5 heteroatoms. The van der Waals surface area contributed by atoms with Crippen LogP contribution in [0.3, 0.4) is 0 Å². The van der Waals surface area contributed by atoms with E-state index in [-0.39, 0.29) is 11.5 Å². The molecule has 0 aliphatic carbocycles. The number of benzene rings is 1. The number of ether oxygens (including phenoxy) is 1. The molecule has 2 rings (SSSR count). The lowest BCUT2D eigenvalue weighted by Crippen LogP contribution is -2.25. The molecular formula is C17H19NO4. The second-order valence-electron chi connectivity index (χ2n) is 5.14. The van der Waals surface area contributed by atoms with Gasteiger partial charge in [0.25, 0.3) is 0 Å². The van der Waals surface area contributed by atoms with Gasteiger partial charge in [0.15, 0.2) is 0 Å². The first-order valence-electron chi connectivity index (χ1n) is 7.08. The highest BCUT2D eigenvalue weighted by molar-refractivity contribution is 5.92. The van der Waals surface area contributed by atoms with Gasteiger partial charge in [-0.3, -0.25) is 4.79 Å². The van der Waals surface area contributed by atoms with Gasteiger partial charge in [0.2, 0.25) is 5.91 Å². The number of carbonyl (C=O) groups is 1. The molecule has 5 nitrogen and oxygen atoms in total. The summed E-state index contributed by atoms with van der Waals surface area (Å²) in [5, 5.41) is 3.62. The molecule has 1 aromatic heterocycles. The van der Waals surface area contributed by atoms with E-state index >= 15 is 0 Å². The Hall–Kier alpha value is -2.56. The van der Waals surface area contributed by atoms with Crippen molar-refractivity contribution in [3.63, 3.8) is 0 Å². The van der Waals surface area contributed by atoms with Crippen LogP contribution in [0.15, 0.2) is 45.6 Å². The molecule has 0 fully saturated rings. The van der Waals surface area contributed by atoms with Crippen molar-refractivity contribution in [2.24, 2.45) is 0 Å². The molecule has 0 aliphatic heterocycles. The molecule has 0 radical (unpaired) electrons. The highest BCUT2D eigenvalue weighted by Crippen LogP contribution is 2.22. The summed E-state index contributed by atoms with van der Waals surface area (Å²) >= 11 is 0. The second-order valence-corrected chi connectivity index (χ2v) is 5.14. The van der Waals surface area contributed by atoms with E-state index in [0.717, 1.165) is 10.9 Å². The zero-order valence-electron chi connectivity index (χ0n) is 12.8. The molecule has 1 heterocycles. The van der Waals surface area contributed by atoms with Crippen LogP contribution in [0.5, 0.6) is 5.75 Å². The molecule has 1 amide bonds. The summed E-state index contributed by atoms with van der Waals surface area (Å²) in [7, 11) is 0. The normalized spacial score (nSPS) is 10.5. The Labute approximate surface area is 128 Å². The molecule has 22 heavy (non-hydrogen) atoms. The number of fused-ring (bicyclic) bond motifs is 1. The first kappa shape index (κ1) is 15.8. The number of aryl methyl sites for hydroxylation is 1. The van der Waals surface area contributed by atoms with Crippen LogP contribution in [-0.2, 0) is 4.79 Å². The van der Waals surface area contributed by atoms with Gasteiger partial charge in [-0.2, -0.15) is 0 Å². The molecule has 0 aliphatic rings. The van der Waals surface area contributed by atoms with E-state index in [9.17, 15) is 9.59 Å². The summed E-state index contributed by atoms with van der Waals surface area (Å²) in [4.78, 5) is 22.7. The number of hydrogen-bond donors (Lipinski definition) is 1. The van der Waals surface area contributed by atoms with Crippen LogP contribution in [-0.4, -0.2) is 19.1 Å². The maximum atomic E-state index is 11.4. The van der Waals surface area contributed by atoms with Gasteiger partial charge >= 0.3 is 5.63 Å². The first-order chi connectivity index (χ1) is 10.5. The van der Waals surface area contributed by atoms with Crippen LogP contribution in [0, 0.1) is 6.92 Å². The monoisotopic (exact) mass is 301 g/mol. The smallest absolute Gasteiger partial charge is 0.336 e. The van der Waals surface area contributed by atoms with Crippen molar-refractivity contribution in [2.75, 3.05) is 13.2 Å². The standard InChI is InChI=1S/C17H19NO4/c1-11(2)17(20)18-7-4-8-21-13-5-6-14-12(3)9-16(19)22-15(14)10-13/h5-6,9-10H,1,4,7-8H2,2-3H3,(H,18,20). The number of rotatable bonds is 6. The summed E-state index contributed by atoms with van der Waals surface area (Å²) in [5.74, 6) is 0.482. The van der Waals surface area contributed by atoms with E-state index in [0.29, 0.717) is 36.5 Å². The number of hydrogen-bond acceptors (Lipinski definition) is 4. The van der Waals surface area contributed by atoms with Gasteiger partial charge in [-0.05, 0) is 38.0 Å². The number of amides is 1. The molecule has 116 valence electrons. The van der Waals surface area contributed by atoms with Crippen molar-refractivity contribution in [2.45, 2.75) is 20.3 Å². The predicted molar refractivity (Wildman–Crippen MR) is 85.2 cm³/mol. The lowest BCUT2D eigenvalue weighted by atomic mass is 10.1. The van der Waals surface area contributed by atoms with E-state index in [4.69, 9.17) is 9.15 Å². The third kappa shape index (κ3) is 3.97. The fourth-order valence-corrected chi connectivity index (χ4v) is 2.01. The van der Waals surface area contributed by atoms with Crippen LogP contribution in [0.4, 0.5) is 0 Å². The molecule has 0 unspecified atom stereocenters. The van der Waals surface area contributed by atoms with Crippen molar-refractivity contribution in [3.05, 3.63) is 52.4 Å². The first-order valence-corrected chi connectivity index (χ1v) is 7.08. The Kier molecular flexibility index (Phi) is 4.99. The molecule has 0 bridgehead atoms. The Balaban J connectivity index is 1.91. The average Bonchev–Trinajstić information content (AvgIpc) is 2.45. The molecule has 1 aromatic carbocycles. The molecule has 0 saturated carbocycles. The summed E-state index contributed by atoms with van der Waals surface area (Å²) in [6.45, 7) is 8.07. The third-order valence-corrected chi connectivity index (χ3v) is 3.19. The fourth-order valence-electron chi connectivity index (χ4n) is 2.01. The minimum absolute atomic E-state index is 0.150. The van der Waals surface area contributed by atoms with Gasteiger partial charge in [-0.15, -0.1) is 0 Å². The fraction of sp³-hybridized carbons (Fsp3) is 0.294. The van der Waals surface area contributed by atoms with Crippen LogP contribution in [0.1, 0.15) is 18.9 Å². The van der Waals surface area contributed by atoms with Gasteiger partial charge in [-0.1, -0.05) is 6.58 Å². The van der Waals surface area contributed by atoms with Crippen molar-refractivity contribution < 1.29 is 13.9 Å². The molecular weight excluding hydrogens is 282 g/mol. The zero-order chi connectivity index (χ0) is 16.1. The summed E-state index contributed by atoms with van der Waals surface area (Å²) < 4.78 is 10.8. The molecule has 0 atom stereocenters. The van der Waals surface area contributed by atoms with E-state index in [2.05, 4.69) is 11.9 Å². The van der Waals surface area contributed by atoms with Crippen molar-refractivity contribution in [1.29, 1.82) is 0 Å². The number of nitrogens with one attached hydrogen (secondary N) is 1. The average molecular weight is 301 g/mol. The maximum absolute atomic E-state index is 11.4. The minimum Gasteiger partial charge on any atom is -0.493 e. The van der Waals surface area contributed by atoms with Crippen LogP contribution in [0.25, 0.3) is 11.0 Å². The van der Waals surface area contributed by atoms with Crippen molar-refractivity contribution in [3.8, 4) is 5.75 Å². The van der Waals surface area contributed by atoms with Crippen molar-refractivity contribution >= 4 is 16.9 Å². The Morgan fingerprint density at radius 3 is 2.86 bits per heavy atom. The summed E-state index contributed by atoms with van der Waals surface area (Å²) in [5.41, 5.74) is 1.50. The van der Waals surface area contributed by atoms with Crippen molar-refractivity contribution in [1.82, 2.24) is 5.32 Å². The third-order valence-electron chi connectivity index (χ3n) is 3.19. The van der Waals surface area contributed by atoms with Crippen LogP contribution < -0.4 is 15.7 Å². The van der Waals surface area contributed by atoms with Gasteiger partial charge in [0, 0.05) is 29.6 Å². The second kappa shape index (κ2) is 6.93. The van der Waals surface area contributed by atoms with E-state index in [1.165, 1.54) is 6.07 Å². The van der Waals surface area contributed by atoms with E-state index in [1.807, 2.05) is 19.1 Å². The molecule has 0 spiro atoms. The lowest BCUT2D eigenvalue weighted by molar-refractivity contribution is -0.117. The van der Waals surface area contributed by atoms with Crippen LogP contribution >= 0.6 is 0 Å². The van der Waals surface area contributed by atoms with E-state index < -0.39 is 0 Å². The minimum atomic E-state index is -0.371. The Morgan fingerprint density at radius 2 is 2.14 bits per heavy atom. The van der Waals surface area contributed by atoms with Gasteiger partial charge in [0.1, 0.15) is 11.3 Å². The summed E-state index contributed by atoms with van der Waals surface area (Å²) in [6.07, 6.45) is 0.675.